The van der Waals surface area contributed by atoms with Gasteiger partial charge in [0, 0.05) is 18.4 Å². The number of thioether (sulfide) groups is 1. The van der Waals surface area contributed by atoms with Gasteiger partial charge in [-0.15, -0.1) is 0 Å². The zero-order valence-electron chi connectivity index (χ0n) is 12.7. The lowest BCUT2D eigenvalue weighted by Crippen LogP contribution is -2.41. The second kappa shape index (κ2) is 10.5. The van der Waals surface area contributed by atoms with Crippen molar-refractivity contribution in [3.63, 3.8) is 0 Å². The third-order valence-corrected chi connectivity index (χ3v) is 3.57. The first-order valence-electron chi connectivity index (χ1n) is 6.69. The van der Waals surface area contributed by atoms with Crippen molar-refractivity contribution in [1.82, 2.24) is 5.32 Å². The third kappa shape index (κ3) is 10.7. The summed E-state index contributed by atoms with van der Waals surface area (Å²) in [4.78, 5) is 21.8. The van der Waals surface area contributed by atoms with Crippen LogP contribution >= 0.6 is 11.8 Å². The molecule has 0 radical (unpaired) electrons. The number of hydrogen-bond acceptors (Lipinski definition) is 3. The number of carbonyl (C=O) groups excluding carboxylic acids is 1. The van der Waals surface area contributed by atoms with Crippen molar-refractivity contribution in [2.45, 2.75) is 46.6 Å². The monoisotopic (exact) mass is 299 g/mol. The Morgan fingerprint density at radius 3 is 2.35 bits per heavy atom. The molecule has 0 spiro atoms. The second-order valence-corrected chi connectivity index (χ2v) is 6.07. The van der Waals surface area contributed by atoms with E-state index >= 15 is 0 Å². The van der Waals surface area contributed by atoms with Crippen molar-refractivity contribution in [2.24, 2.45) is 0 Å². The molecule has 2 N–H and O–H groups in total. The smallest absolute Gasteiger partial charge is 0.327 e. The van der Waals surface area contributed by atoms with Crippen LogP contribution in [-0.2, 0) is 9.59 Å². The molecule has 114 valence electrons. The van der Waals surface area contributed by atoms with Crippen LogP contribution in [0.4, 0.5) is 0 Å². The van der Waals surface area contributed by atoms with Crippen molar-refractivity contribution >= 4 is 23.6 Å². The predicted octanol–water partition coefficient (Wildman–Crippen LogP) is 3.00. The summed E-state index contributed by atoms with van der Waals surface area (Å²) in [6, 6.07) is -0.808. The molecule has 0 aromatic heterocycles. The largest absolute Gasteiger partial charge is 0.480 e. The van der Waals surface area contributed by atoms with Crippen LogP contribution in [0.25, 0.3) is 0 Å². The molecule has 0 heterocycles. The van der Waals surface area contributed by atoms with Crippen LogP contribution in [-0.4, -0.2) is 34.5 Å². The molecule has 0 aliphatic rings. The summed E-state index contributed by atoms with van der Waals surface area (Å²) in [5, 5.41) is 11.4. The quantitative estimate of drug-likeness (QED) is 0.507. The van der Waals surface area contributed by atoms with Crippen molar-refractivity contribution in [3.05, 3.63) is 23.3 Å². The van der Waals surface area contributed by atoms with Gasteiger partial charge in [0.25, 0.3) is 0 Å². The molecule has 0 aliphatic carbocycles. The number of nitrogens with one attached hydrogen (secondary N) is 1. The number of carbonyl (C=O) groups is 2. The fourth-order valence-electron chi connectivity index (χ4n) is 1.50. The number of amides is 1. The number of hydrogen-bond donors (Lipinski definition) is 2. The van der Waals surface area contributed by atoms with Crippen molar-refractivity contribution in [2.75, 3.05) is 11.5 Å². The van der Waals surface area contributed by atoms with E-state index in [0.29, 0.717) is 5.75 Å². The standard InChI is InChI=1S/C15H25NO3S/c1-11(2)6-5-7-12(3)8-9-20-10-14(15(18)19)16-13(4)17/h6,8,14H,5,7,9-10H2,1-4H3,(H,16,17)(H,18,19)/t14-/m0/s1. The molecule has 0 unspecified atom stereocenters. The topological polar surface area (TPSA) is 66.4 Å². The highest BCUT2D eigenvalue weighted by atomic mass is 32.2. The fourth-order valence-corrected chi connectivity index (χ4v) is 2.50. The molecule has 1 amide bonds. The average molecular weight is 299 g/mol. The van der Waals surface area contributed by atoms with E-state index in [-0.39, 0.29) is 5.91 Å². The summed E-state index contributed by atoms with van der Waals surface area (Å²) in [5.74, 6) is -0.153. The maximum absolute atomic E-state index is 10.9. The van der Waals surface area contributed by atoms with Crippen molar-refractivity contribution in [3.8, 4) is 0 Å². The highest BCUT2D eigenvalue weighted by Gasteiger charge is 2.17. The van der Waals surface area contributed by atoms with Crippen molar-refractivity contribution in [1.29, 1.82) is 0 Å². The Bertz CT molecular complexity index is 385. The van der Waals surface area contributed by atoms with Crippen LogP contribution in [0.1, 0.15) is 40.5 Å². The minimum atomic E-state index is -0.989. The number of aliphatic carboxylic acids is 1. The second-order valence-electron chi connectivity index (χ2n) is 5.00. The minimum absolute atomic E-state index is 0.313. The first kappa shape index (κ1) is 18.8. The Morgan fingerprint density at radius 2 is 1.85 bits per heavy atom. The zero-order chi connectivity index (χ0) is 15.5. The molecule has 0 aromatic carbocycles. The third-order valence-electron chi connectivity index (χ3n) is 2.60. The van der Waals surface area contributed by atoms with Crippen LogP contribution in [0.15, 0.2) is 23.3 Å². The van der Waals surface area contributed by atoms with Crippen LogP contribution in [0, 0.1) is 0 Å². The van der Waals surface area contributed by atoms with Gasteiger partial charge in [-0.3, -0.25) is 4.79 Å². The molecule has 0 saturated heterocycles. The number of rotatable bonds is 9. The van der Waals surface area contributed by atoms with E-state index in [4.69, 9.17) is 5.11 Å². The van der Waals surface area contributed by atoms with E-state index in [9.17, 15) is 9.59 Å². The van der Waals surface area contributed by atoms with Gasteiger partial charge >= 0.3 is 5.97 Å². The summed E-state index contributed by atoms with van der Waals surface area (Å²) in [6.07, 6.45) is 6.40. The van der Waals surface area contributed by atoms with E-state index in [1.54, 1.807) is 0 Å². The summed E-state index contributed by atoms with van der Waals surface area (Å²) < 4.78 is 0. The SMILES string of the molecule is CC(=O)N[C@@H](CSCC=C(C)CCC=C(C)C)C(=O)O. The van der Waals surface area contributed by atoms with Gasteiger partial charge in [0.1, 0.15) is 6.04 Å². The fraction of sp³-hybridized carbons (Fsp3) is 0.600. The Hall–Kier alpha value is -1.23. The first-order valence-corrected chi connectivity index (χ1v) is 7.85. The molecule has 0 rings (SSSR count). The lowest BCUT2D eigenvalue weighted by Gasteiger charge is -2.12. The molecular formula is C15H25NO3S. The lowest BCUT2D eigenvalue weighted by molar-refractivity contribution is -0.140. The Labute approximate surface area is 125 Å². The summed E-state index contributed by atoms with van der Waals surface area (Å²) in [6.45, 7) is 7.59. The Morgan fingerprint density at radius 1 is 1.20 bits per heavy atom. The average Bonchev–Trinajstić information content (AvgIpc) is 2.31. The maximum atomic E-state index is 10.9. The van der Waals surface area contributed by atoms with Gasteiger partial charge in [-0.25, -0.2) is 4.79 Å². The van der Waals surface area contributed by atoms with E-state index in [1.807, 2.05) is 0 Å². The molecule has 1 atom stereocenters. The molecule has 0 fully saturated rings. The van der Waals surface area contributed by atoms with Gasteiger partial charge in [0.05, 0.1) is 0 Å². The molecule has 20 heavy (non-hydrogen) atoms. The van der Waals surface area contributed by atoms with Crippen molar-refractivity contribution < 1.29 is 14.7 Å². The molecular weight excluding hydrogens is 274 g/mol. The number of allylic oxidation sites excluding steroid dienone is 3. The molecule has 0 aliphatic heterocycles. The van der Waals surface area contributed by atoms with Gasteiger partial charge in [-0.05, 0) is 33.6 Å². The van der Waals surface area contributed by atoms with E-state index in [0.717, 1.165) is 18.6 Å². The lowest BCUT2D eigenvalue weighted by atomic mass is 10.1. The zero-order valence-corrected chi connectivity index (χ0v) is 13.5. The normalized spacial score (nSPS) is 12.7. The molecule has 0 saturated carbocycles. The van der Waals surface area contributed by atoms with Gasteiger partial charge in [0.15, 0.2) is 0 Å². The number of carboxylic acids is 1. The highest BCUT2D eigenvalue weighted by molar-refractivity contribution is 7.99. The summed E-state index contributed by atoms with van der Waals surface area (Å²) in [5.41, 5.74) is 2.63. The summed E-state index contributed by atoms with van der Waals surface area (Å²) in [7, 11) is 0. The van der Waals surface area contributed by atoms with Crippen LogP contribution in [0.2, 0.25) is 0 Å². The van der Waals surface area contributed by atoms with Crippen LogP contribution in [0.5, 0.6) is 0 Å². The summed E-state index contributed by atoms with van der Waals surface area (Å²) >= 11 is 1.51. The van der Waals surface area contributed by atoms with Gasteiger partial charge in [0.2, 0.25) is 5.91 Å². The Balaban J connectivity index is 4.00. The van der Waals surface area contributed by atoms with Gasteiger partial charge in [-0.1, -0.05) is 23.3 Å². The van der Waals surface area contributed by atoms with Gasteiger partial charge < -0.3 is 10.4 Å². The van der Waals surface area contributed by atoms with E-state index in [1.165, 1.54) is 29.8 Å². The highest BCUT2D eigenvalue weighted by Crippen LogP contribution is 2.10. The Kier molecular flexibility index (Phi) is 9.90. The van der Waals surface area contributed by atoms with Gasteiger partial charge in [-0.2, -0.15) is 11.8 Å². The molecule has 4 nitrogen and oxygen atoms in total. The molecule has 5 heteroatoms. The molecule has 0 bridgehead atoms. The van der Waals surface area contributed by atoms with Crippen LogP contribution in [0.3, 0.4) is 0 Å². The predicted molar refractivity (Wildman–Crippen MR) is 85.0 cm³/mol. The molecule has 0 aromatic rings. The van der Waals surface area contributed by atoms with E-state index < -0.39 is 12.0 Å². The maximum Gasteiger partial charge on any atom is 0.327 e. The minimum Gasteiger partial charge on any atom is -0.480 e. The number of carboxylic acid groups (broad SMARTS) is 1. The van der Waals surface area contributed by atoms with Crippen LogP contribution < -0.4 is 5.32 Å². The first-order chi connectivity index (χ1) is 9.32. The van der Waals surface area contributed by atoms with E-state index in [2.05, 4.69) is 38.2 Å².